The fourth-order valence-corrected chi connectivity index (χ4v) is 3.03. The minimum absolute atomic E-state index is 0.517. The third-order valence-corrected chi connectivity index (χ3v) is 4.09. The molecule has 1 aliphatic rings. The average molecular weight is 306 g/mol. The number of nitrogens with zero attached hydrogens (tertiary/aromatic N) is 2. The Kier molecular flexibility index (Phi) is 3.22. The summed E-state index contributed by atoms with van der Waals surface area (Å²) >= 11 is 3.61. The molecule has 1 aliphatic heterocycles. The van der Waals surface area contributed by atoms with E-state index in [-0.39, 0.29) is 0 Å². The Bertz CT molecular complexity index is 570. The van der Waals surface area contributed by atoms with Gasteiger partial charge in [-0.3, -0.25) is 0 Å². The smallest absolute Gasteiger partial charge is 0.136 e. The molecule has 1 N–H and O–H groups in total. The van der Waals surface area contributed by atoms with Crippen molar-refractivity contribution in [3.8, 4) is 0 Å². The van der Waals surface area contributed by atoms with Crippen molar-refractivity contribution in [1.29, 1.82) is 0 Å². The molecule has 3 rings (SSSR count). The Morgan fingerprint density at radius 3 is 3.06 bits per heavy atom. The predicted molar refractivity (Wildman–Crippen MR) is 79.1 cm³/mol. The molecule has 1 saturated heterocycles. The molecular formula is C14H16BrN3. The lowest BCUT2D eigenvalue weighted by Crippen LogP contribution is -2.49. The van der Waals surface area contributed by atoms with Gasteiger partial charge < -0.3 is 10.2 Å². The van der Waals surface area contributed by atoms with Crippen LogP contribution < -0.4 is 10.2 Å². The molecule has 0 amide bonds. The summed E-state index contributed by atoms with van der Waals surface area (Å²) in [4.78, 5) is 6.95. The molecule has 1 aromatic heterocycles. The molecule has 1 fully saturated rings. The van der Waals surface area contributed by atoms with Crippen molar-refractivity contribution in [2.75, 3.05) is 24.5 Å². The van der Waals surface area contributed by atoms with Crippen LogP contribution >= 0.6 is 15.9 Å². The first kappa shape index (κ1) is 11.9. The van der Waals surface area contributed by atoms with Crippen LogP contribution in [0.1, 0.15) is 6.92 Å². The van der Waals surface area contributed by atoms with Gasteiger partial charge in [0.1, 0.15) is 5.82 Å². The van der Waals surface area contributed by atoms with E-state index in [9.17, 15) is 0 Å². The molecule has 0 radical (unpaired) electrons. The third-order valence-electron chi connectivity index (χ3n) is 3.40. The van der Waals surface area contributed by atoms with Gasteiger partial charge in [0.25, 0.3) is 0 Å². The van der Waals surface area contributed by atoms with Gasteiger partial charge in [-0.2, -0.15) is 0 Å². The lowest BCUT2D eigenvalue weighted by Gasteiger charge is -2.33. The van der Waals surface area contributed by atoms with Crippen LogP contribution in [0.5, 0.6) is 0 Å². The molecule has 94 valence electrons. The van der Waals surface area contributed by atoms with Gasteiger partial charge in [-0.15, -0.1) is 0 Å². The number of halogens is 1. The lowest BCUT2D eigenvalue weighted by molar-refractivity contribution is 0.483. The Hall–Kier alpha value is -1.13. The number of piperazine rings is 1. The number of anilines is 1. The number of fused-ring (bicyclic) bond motifs is 1. The van der Waals surface area contributed by atoms with Gasteiger partial charge in [-0.25, -0.2) is 4.98 Å². The predicted octanol–water partition coefficient (Wildman–Crippen LogP) is 2.80. The summed E-state index contributed by atoms with van der Waals surface area (Å²) in [7, 11) is 0. The van der Waals surface area contributed by atoms with Crippen molar-refractivity contribution in [3.63, 3.8) is 0 Å². The first-order valence-corrected chi connectivity index (χ1v) is 7.06. The van der Waals surface area contributed by atoms with Crippen LogP contribution in [-0.2, 0) is 0 Å². The summed E-state index contributed by atoms with van der Waals surface area (Å²) in [6.07, 6.45) is 1.90. The van der Waals surface area contributed by atoms with Crippen molar-refractivity contribution in [3.05, 3.63) is 34.9 Å². The summed E-state index contributed by atoms with van der Waals surface area (Å²) < 4.78 is 1.13. The third kappa shape index (κ3) is 2.10. The van der Waals surface area contributed by atoms with E-state index in [4.69, 9.17) is 0 Å². The van der Waals surface area contributed by atoms with Crippen molar-refractivity contribution < 1.29 is 0 Å². The summed E-state index contributed by atoms with van der Waals surface area (Å²) in [6, 6.07) is 8.88. The topological polar surface area (TPSA) is 28.2 Å². The standard InChI is InChI=1S/C14H16BrN3/c1-10-9-18(8-7-16-10)14-12-3-2-4-13(15)11(12)5-6-17-14/h2-6,10,16H,7-9H2,1H3/t10-/m0/s1. The second-order valence-corrected chi connectivity index (χ2v) is 5.63. The Labute approximate surface area is 115 Å². The van der Waals surface area contributed by atoms with Crippen molar-refractivity contribution in [2.45, 2.75) is 13.0 Å². The van der Waals surface area contributed by atoms with E-state index in [1.165, 1.54) is 10.8 Å². The van der Waals surface area contributed by atoms with Gasteiger partial charge in [-0.05, 0) is 19.1 Å². The van der Waals surface area contributed by atoms with Crippen LogP contribution in [0.4, 0.5) is 5.82 Å². The zero-order valence-corrected chi connectivity index (χ0v) is 11.9. The van der Waals surface area contributed by atoms with Gasteiger partial charge in [0.15, 0.2) is 0 Å². The van der Waals surface area contributed by atoms with E-state index in [0.29, 0.717) is 6.04 Å². The number of aromatic nitrogens is 1. The zero-order valence-electron chi connectivity index (χ0n) is 10.4. The molecule has 1 aromatic carbocycles. The highest BCUT2D eigenvalue weighted by molar-refractivity contribution is 9.10. The number of nitrogens with one attached hydrogen (secondary N) is 1. The minimum Gasteiger partial charge on any atom is -0.353 e. The number of hydrogen-bond acceptors (Lipinski definition) is 3. The Morgan fingerprint density at radius 2 is 2.22 bits per heavy atom. The second kappa shape index (κ2) is 4.86. The van der Waals surface area contributed by atoms with Gasteiger partial charge in [0.2, 0.25) is 0 Å². The molecule has 0 aliphatic carbocycles. The molecule has 2 aromatic rings. The molecule has 0 spiro atoms. The Balaban J connectivity index is 2.09. The molecule has 2 heterocycles. The summed E-state index contributed by atoms with van der Waals surface area (Å²) in [5.74, 6) is 1.10. The highest BCUT2D eigenvalue weighted by Gasteiger charge is 2.18. The first-order valence-electron chi connectivity index (χ1n) is 6.27. The van der Waals surface area contributed by atoms with Gasteiger partial charge in [-0.1, -0.05) is 28.1 Å². The van der Waals surface area contributed by atoms with Crippen LogP contribution in [0.25, 0.3) is 10.8 Å². The van der Waals surface area contributed by atoms with Crippen LogP contribution in [0.2, 0.25) is 0 Å². The molecule has 0 unspecified atom stereocenters. The van der Waals surface area contributed by atoms with Crippen LogP contribution in [-0.4, -0.2) is 30.7 Å². The maximum Gasteiger partial charge on any atom is 0.136 e. The molecule has 0 saturated carbocycles. The van der Waals surface area contributed by atoms with Crippen LogP contribution in [0.15, 0.2) is 34.9 Å². The van der Waals surface area contributed by atoms with E-state index in [2.05, 4.69) is 62.3 Å². The highest BCUT2D eigenvalue weighted by atomic mass is 79.9. The van der Waals surface area contributed by atoms with Crippen molar-refractivity contribution in [1.82, 2.24) is 10.3 Å². The van der Waals surface area contributed by atoms with Gasteiger partial charge in [0, 0.05) is 47.1 Å². The van der Waals surface area contributed by atoms with E-state index < -0.39 is 0 Å². The summed E-state index contributed by atoms with van der Waals surface area (Å²) in [6.45, 7) is 5.27. The molecular weight excluding hydrogens is 290 g/mol. The summed E-state index contributed by atoms with van der Waals surface area (Å²) in [5.41, 5.74) is 0. The van der Waals surface area contributed by atoms with E-state index in [0.717, 1.165) is 29.9 Å². The number of hydrogen-bond donors (Lipinski definition) is 1. The monoisotopic (exact) mass is 305 g/mol. The normalized spacial score (nSPS) is 20.3. The fourth-order valence-electron chi connectivity index (χ4n) is 2.53. The van der Waals surface area contributed by atoms with Crippen molar-refractivity contribution in [2.24, 2.45) is 0 Å². The van der Waals surface area contributed by atoms with E-state index >= 15 is 0 Å². The molecule has 18 heavy (non-hydrogen) atoms. The first-order chi connectivity index (χ1) is 8.75. The van der Waals surface area contributed by atoms with E-state index in [1.807, 2.05) is 6.20 Å². The number of rotatable bonds is 1. The zero-order chi connectivity index (χ0) is 12.5. The van der Waals surface area contributed by atoms with Crippen LogP contribution in [0.3, 0.4) is 0 Å². The van der Waals surface area contributed by atoms with Gasteiger partial charge >= 0.3 is 0 Å². The maximum atomic E-state index is 4.58. The van der Waals surface area contributed by atoms with Gasteiger partial charge in [0.05, 0.1) is 0 Å². The summed E-state index contributed by atoms with van der Waals surface area (Å²) in [5, 5.41) is 5.92. The fraction of sp³-hybridized carbons (Fsp3) is 0.357. The largest absolute Gasteiger partial charge is 0.353 e. The molecule has 1 atom stereocenters. The van der Waals surface area contributed by atoms with Crippen molar-refractivity contribution >= 4 is 32.5 Å². The highest BCUT2D eigenvalue weighted by Crippen LogP contribution is 2.30. The maximum absolute atomic E-state index is 4.58. The lowest BCUT2D eigenvalue weighted by atomic mass is 10.1. The number of pyridine rings is 1. The molecule has 3 nitrogen and oxygen atoms in total. The van der Waals surface area contributed by atoms with E-state index in [1.54, 1.807) is 0 Å². The Morgan fingerprint density at radius 1 is 1.33 bits per heavy atom. The number of benzene rings is 1. The second-order valence-electron chi connectivity index (χ2n) is 4.77. The van der Waals surface area contributed by atoms with Crippen LogP contribution in [0, 0.1) is 0 Å². The quantitative estimate of drug-likeness (QED) is 0.878. The molecule has 4 heteroatoms. The average Bonchev–Trinajstić information content (AvgIpc) is 2.39. The minimum atomic E-state index is 0.517. The molecule has 0 bridgehead atoms. The SMILES string of the molecule is C[C@H]1CN(c2nccc3c(Br)cccc23)CCN1.